The molecule has 188 valence electrons. The van der Waals surface area contributed by atoms with E-state index in [1.807, 2.05) is 25.8 Å². The Kier molecular flexibility index (Phi) is 7.41. The van der Waals surface area contributed by atoms with Gasteiger partial charge in [-0.3, -0.25) is 0 Å². The molecule has 2 aromatic carbocycles. The van der Waals surface area contributed by atoms with Crippen LogP contribution < -0.4 is 9.62 Å². The van der Waals surface area contributed by atoms with Crippen molar-refractivity contribution in [1.29, 1.82) is 0 Å². The van der Waals surface area contributed by atoms with Crippen molar-refractivity contribution in [3.8, 4) is 0 Å². The fourth-order valence-corrected chi connectivity index (χ4v) is 6.10. The molecule has 1 aliphatic heterocycles. The summed E-state index contributed by atoms with van der Waals surface area (Å²) in [7, 11) is -2.07. The molecule has 1 aromatic heterocycles. The fraction of sp³-hybridized carbons (Fsp3) is 0.435. The first kappa shape index (κ1) is 25.5. The molecule has 2 unspecified atom stereocenters. The molecule has 0 aliphatic carbocycles. The second-order valence-corrected chi connectivity index (χ2v) is 11.1. The van der Waals surface area contributed by atoms with E-state index in [1.54, 1.807) is 25.1 Å². The van der Waals surface area contributed by atoms with Gasteiger partial charge in [0.1, 0.15) is 10.7 Å². The van der Waals surface area contributed by atoms with E-state index >= 15 is 0 Å². The van der Waals surface area contributed by atoms with Crippen LogP contribution in [-0.2, 0) is 10.0 Å². The van der Waals surface area contributed by atoms with E-state index in [9.17, 15) is 12.8 Å². The van der Waals surface area contributed by atoms with Crippen LogP contribution in [-0.4, -0.2) is 67.2 Å². The molecule has 0 saturated carbocycles. The fourth-order valence-electron chi connectivity index (χ4n) is 4.45. The van der Waals surface area contributed by atoms with Crippen molar-refractivity contribution in [1.82, 2.24) is 30.2 Å². The molecule has 12 heteroatoms. The lowest BCUT2D eigenvalue weighted by Gasteiger charge is -2.35. The largest absolute Gasteiger partial charge is 0.368 e. The number of nitrogens with zero attached hydrogens (tertiary/aromatic N) is 5. The predicted molar refractivity (Wildman–Crippen MR) is 133 cm³/mol. The van der Waals surface area contributed by atoms with Gasteiger partial charge in [0.25, 0.3) is 0 Å². The highest BCUT2D eigenvalue weighted by atomic mass is 35.5. The molecule has 4 rings (SSSR count). The highest BCUT2D eigenvalue weighted by molar-refractivity contribution is 7.89. The number of rotatable bonds is 7. The Morgan fingerprint density at radius 1 is 1.14 bits per heavy atom. The smallest absolute Gasteiger partial charge is 0.243 e. The number of anilines is 1. The van der Waals surface area contributed by atoms with E-state index in [2.05, 4.69) is 30.2 Å². The SMILES string of the molecule is Cc1ccc(F)c(C(C)C(NS(=O)(=O)c2ccc(Cl)cc2N2CCN(C)CC2)c2nn[nH]n2)c1C. The van der Waals surface area contributed by atoms with E-state index < -0.39 is 27.8 Å². The van der Waals surface area contributed by atoms with Gasteiger partial charge in [0.15, 0.2) is 5.82 Å². The van der Waals surface area contributed by atoms with Gasteiger partial charge in [-0.2, -0.15) is 9.94 Å². The van der Waals surface area contributed by atoms with Crippen molar-refractivity contribution in [3.05, 3.63) is 63.7 Å². The third-order valence-corrected chi connectivity index (χ3v) is 8.39. The number of likely N-dealkylation sites (N-methyl/N-ethyl adjacent to an activating group) is 1. The van der Waals surface area contributed by atoms with Crippen LogP contribution in [0.3, 0.4) is 0 Å². The Balaban J connectivity index is 1.74. The van der Waals surface area contributed by atoms with Crippen LogP contribution in [0.25, 0.3) is 0 Å². The van der Waals surface area contributed by atoms with Crippen molar-refractivity contribution in [2.75, 3.05) is 38.1 Å². The summed E-state index contributed by atoms with van der Waals surface area (Å²) in [6, 6.07) is 6.83. The minimum Gasteiger partial charge on any atom is -0.368 e. The number of nitrogens with one attached hydrogen (secondary N) is 2. The Hall–Kier alpha value is -2.60. The minimum absolute atomic E-state index is 0.0913. The molecule has 1 aliphatic rings. The van der Waals surface area contributed by atoms with Gasteiger partial charge >= 0.3 is 0 Å². The number of sulfonamides is 1. The number of benzene rings is 2. The van der Waals surface area contributed by atoms with Crippen molar-refractivity contribution < 1.29 is 12.8 Å². The lowest BCUT2D eigenvalue weighted by atomic mass is 9.88. The second kappa shape index (κ2) is 10.2. The van der Waals surface area contributed by atoms with Crippen LogP contribution in [0.1, 0.15) is 41.4 Å². The summed E-state index contributed by atoms with van der Waals surface area (Å²) >= 11 is 6.26. The number of aromatic nitrogens is 4. The number of H-pyrrole nitrogens is 1. The topological polar surface area (TPSA) is 107 Å². The summed E-state index contributed by atoms with van der Waals surface area (Å²) in [5, 5.41) is 14.5. The summed E-state index contributed by atoms with van der Waals surface area (Å²) < 4.78 is 45.2. The second-order valence-electron chi connectivity index (χ2n) is 8.96. The molecule has 2 N–H and O–H groups in total. The third-order valence-electron chi connectivity index (χ3n) is 6.66. The van der Waals surface area contributed by atoms with E-state index in [0.29, 0.717) is 29.4 Å². The average Bonchev–Trinajstić information content (AvgIpc) is 3.35. The Morgan fingerprint density at radius 2 is 1.86 bits per heavy atom. The van der Waals surface area contributed by atoms with Crippen molar-refractivity contribution in [2.24, 2.45) is 0 Å². The molecule has 3 aromatic rings. The maximum absolute atomic E-state index is 15.0. The molecule has 2 atom stereocenters. The molecule has 0 radical (unpaired) electrons. The Labute approximate surface area is 209 Å². The van der Waals surface area contributed by atoms with Crippen LogP contribution in [0.2, 0.25) is 5.02 Å². The van der Waals surface area contributed by atoms with Crippen molar-refractivity contribution >= 4 is 27.3 Å². The molecule has 1 fully saturated rings. The summed E-state index contributed by atoms with van der Waals surface area (Å²) in [4.78, 5) is 4.28. The zero-order valence-electron chi connectivity index (χ0n) is 20.1. The molecule has 0 bridgehead atoms. The van der Waals surface area contributed by atoms with Gasteiger partial charge in [-0.15, -0.1) is 10.2 Å². The first-order valence-corrected chi connectivity index (χ1v) is 13.2. The quantitative estimate of drug-likeness (QED) is 0.491. The lowest BCUT2D eigenvalue weighted by Crippen LogP contribution is -2.45. The summed E-state index contributed by atoms with van der Waals surface area (Å²) in [6.45, 7) is 8.38. The zero-order valence-corrected chi connectivity index (χ0v) is 21.7. The molecular formula is C23H29ClFN7O2S. The van der Waals surface area contributed by atoms with Crippen molar-refractivity contribution in [2.45, 2.75) is 37.6 Å². The van der Waals surface area contributed by atoms with Crippen LogP contribution in [0, 0.1) is 19.7 Å². The number of hydrogen-bond donors (Lipinski definition) is 2. The van der Waals surface area contributed by atoms with Crippen molar-refractivity contribution in [3.63, 3.8) is 0 Å². The zero-order chi connectivity index (χ0) is 25.3. The van der Waals surface area contributed by atoms with E-state index in [0.717, 1.165) is 24.2 Å². The molecule has 2 heterocycles. The maximum atomic E-state index is 15.0. The van der Waals surface area contributed by atoms with Crippen LogP contribution in [0.4, 0.5) is 10.1 Å². The number of hydrogen-bond acceptors (Lipinski definition) is 7. The number of halogens is 2. The van der Waals surface area contributed by atoms with E-state index in [1.165, 1.54) is 12.1 Å². The van der Waals surface area contributed by atoms with Gasteiger partial charge in [-0.1, -0.05) is 29.8 Å². The van der Waals surface area contributed by atoms with Gasteiger partial charge in [0.05, 0.1) is 11.7 Å². The van der Waals surface area contributed by atoms with Gasteiger partial charge in [-0.25, -0.2) is 12.8 Å². The van der Waals surface area contributed by atoms with Gasteiger partial charge < -0.3 is 9.80 Å². The first-order chi connectivity index (χ1) is 16.6. The van der Waals surface area contributed by atoms with Crippen LogP contribution >= 0.6 is 11.6 Å². The molecule has 9 nitrogen and oxygen atoms in total. The predicted octanol–water partition coefficient (Wildman–Crippen LogP) is 3.18. The summed E-state index contributed by atoms with van der Waals surface area (Å²) in [6.07, 6.45) is 0. The molecule has 0 amide bonds. The highest BCUT2D eigenvalue weighted by Crippen LogP contribution is 2.36. The third kappa shape index (κ3) is 5.32. The van der Waals surface area contributed by atoms with E-state index in [4.69, 9.17) is 11.6 Å². The number of tetrazole rings is 1. The lowest BCUT2D eigenvalue weighted by molar-refractivity contribution is 0.312. The number of aryl methyl sites for hydroxylation is 1. The monoisotopic (exact) mass is 521 g/mol. The Bertz CT molecular complexity index is 1300. The first-order valence-electron chi connectivity index (χ1n) is 11.3. The molecule has 0 spiro atoms. The van der Waals surface area contributed by atoms with Crippen LogP contribution in [0.5, 0.6) is 0 Å². The van der Waals surface area contributed by atoms with E-state index in [-0.39, 0.29) is 10.7 Å². The number of piperazine rings is 1. The maximum Gasteiger partial charge on any atom is 0.243 e. The standard InChI is InChI=1S/C23H29ClFN7O2S/c1-14-5-7-18(25)21(15(14)2)16(3)22(23-26-29-30-27-23)28-35(33,34)20-8-6-17(24)13-19(20)32-11-9-31(4)10-12-32/h5-8,13,16,22,28H,9-12H2,1-4H3,(H,26,27,29,30). The minimum atomic E-state index is -4.09. The van der Waals surface area contributed by atoms with Gasteiger partial charge in [-0.05, 0) is 61.9 Å². The highest BCUT2D eigenvalue weighted by Gasteiger charge is 2.34. The molecular weight excluding hydrogens is 493 g/mol. The molecule has 35 heavy (non-hydrogen) atoms. The normalized spacial score (nSPS) is 16.9. The van der Waals surface area contributed by atoms with Crippen LogP contribution in [0.15, 0.2) is 35.2 Å². The summed E-state index contributed by atoms with van der Waals surface area (Å²) in [5.74, 6) is -0.920. The summed E-state index contributed by atoms with van der Waals surface area (Å²) in [5.41, 5.74) is 2.57. The van der Waals surface area contributed by atoms with Gasteiger partial charge in [0, 0.05) is 37.1 Å². The van der Waals surface area contributed by atoms with Gasteiger partial charge in [0.2, 0.25) is 10.0 Å². The Morgan fingerprint density at radius 3 is 2.51 bits per heavy atom. The number of aromatic amines is 1. The molecule has 1 saturated heterocycles. The average molecular weight is 522 g/mol.